The molecule has 7 nitrogen and oxygen atoms in total. The molecule has 0 radical (unpaired) electrons. The van der Waals surface area contributed by atoms with Crippen LogP contribution in [0.3, 0.4) is 0 Å². The van der Waals surface area contributed by atoms with Crippen molar-refractivity contribution in [3.63, 3.8) is 0 Å². The van der Waals surface area contributed by atoms with Gasteiger partial charge in [0.2, 0.25) is 11.9 Å². The highest BCUT2D eigenvalue weighted by Gasteiger charge is 2.15. The Kier molecular flexibility index (Phi) is 4.29. The summed E-state index contributed by atoms with van der Waals surface area (Å²) in [6.45, 7) is 5.65. The minimum Gasteiger partial charge on any atom is -0.494 e. The van der Waals surface area contributed by atoms with Gasteiger partial charge in [-0.3, -0.25) is 0 Å². The maximum atomic E-state index is 5.78. The van der Waals surface area contributed by atoms with Gasteiger partial charge in [-0.15, -0.1) is 0 Å². The van der Waals surface area contributed by atoms with E-state index in [4.69, 9.17) is 10.5 Å². The monoisotopic (exact) mass is 274 g/mol. The topological polar surface area (TPSA) is 90.1 Å². The summed E-state index contributed by atoms with van der Waals surface area (Å²) in [5.41, 5.74) is 6.33. The third-order valence-electron chi connectivity index (χ3n) is 2.89. The summed E-state index contributed by atoms with van der Waals surface area (Å²) in [5, 5.41) is 0. The van der Waals surface area contributed by atoms with Gasteiger partial charge in [-0.25, -0.2) is 4.98 Å². The molecular formula is C13H18N6O. The molecule has 0 bridgehead atoms. The lowest BCUT2D eigenvalue weighted by Crippen LogP contribution is -2.25. The van der Waals surface area contributed by atoms with Crippen molar-refractivity contribution >= 4 is 11.9 Å². The Bertz CT molecular complexity index is 585. The van der Waals surface area contributed by atoms with Crippen LogP contribution in [0, 0.1) is 0 Å². The maximum Gasteiger partial charge on any atom is 0.230 e. The van der Waals surface area contributed by atoms with Gasteiger partial charge in [0, 0.05) is 19.3 Å². The minimum atomic E-state index is 0.171. The largest absolute Gasteiger partial charge is 0.494 e. The van der Waals surface area contributed by atoms with Crippen LogP contribution in [0.1, 0.15) is 13.8 Å². The first kappa shape index (κ1) is 14.0. The van der Waals surface area contributed by atoms with Crippen molar-refractivity contribution in [2.45, 2.75) is 13.8 Å². The zero-order chi connectivity index (χ0) is 14.5. The van der Waals surface area contributed by atoms with E-state index in [0.717, 1.165) is 13.1 Å². The molecule has 2 aromatic heterocycles. The fourth-order valence-corrected chi connectivity index (χ4v) is 1.86. The van der Waals surface area contributed by atoms with Crippen LogP contribution in [0.5, 0.6) is 5.75 Å². The standard InChI is InChI=1S/C13H18N6O/c1-4-19(5-2)13-17-11(16-12(14)18-13)10-9(20-3)7-6-8-15-10/h6-8H,4-5H2,1-3H3,(H2,14,16,17,18). The highest BCUT2D eigenvalue weighted by atomic mass is 16.5. The van der Waals surface area contributed by atoms with Crippen molar-refractivity contribution in [1.82, 2.24) is 19.9 Å². The van der Waals surface area contributed by atoms with Crippen molar-refractivity contribution in [2.24, 2.45) is 0 Å². The Morgan fingerprint density at radius 1 is 1.20 bits per heavy atom. The molecule has 0 spiro atoms. The van der Waals surface area contributed by atoms with Crippen LogP contribution in [0.4, 0.5) is 11.9 Å². The predicted molar refractivity (Wildman–Crippen MR) is 77.6 cm³/mol. The van der Waals surface area contributed by atoms with Gasteiger partial charge in [-0.1, -0.05) is 0 Å². The van der Waals surface area contributed by atoms with E-state index in [1.807, 2.05) is 18.7 Å². The lowest BCUT2D eigenvalue weighted by molar-refractivity contribution is 0.414. The molecule has 2 rings (SSSR count). The van der Waals surface area contributed by atoms with Crippen LogP contribution in [-0.2, 0) is 0 Å². The summed E-state index contributed by atoms with van der Waals surface area (Å²) in [4.78, 5) is 19.0. The first-order valence-corrected chi connectivity index (χ1v) is 6.45. The first-order valence-electron chi connectivity index (χ1n) is 6.45. The summed E-state index contributed by atoms with van der Waals surface area (Å²) >= 11 is 0. The van der Waals surface area contributed by atoms with Crippen LogP contribution in [-0.4, -0.2) is 40.1 Å². The number of hydrogen-bond acceptors (Lipinski definition) is 7. The second kappa shape index (κ2) is 6.14. The predicted octanol–water partition coefficient (Wildman–Crippen LogP) is 1.37. The minimum absolute atomic E-state index is 0.171. The van der Waals surface area contributed by atoms with E-state index in [9.17, 15) is 0 Å². The first-order chi connectivity index (χ1) is 9.69. The van der Waals surface area contributed by atoms with Gasteiger partial charge in [0.25, 0.3) is 0 Å². The number of rotatable bonds is 5. The average molecular weight is 274 g/mol. The Hall–Kier alpha value is -2.44. The molecule has 2 heterocycles. The smallest absolute Gasteiger partial charge is 0.230 e. The third kappa shape index (κ3) is 2.76. The Morgan fingerprint density at radius 2 is 1.95 bits per heavy atom. The van der Waals surface area contributed by atoms with Gasteiger partial charge < -0.3 is 15.4 Å². The molecule has 106 valence electrons. The number of ether oxygens (including phenoxy) is 1. The van der Waals surface area contributed by atoms with Crippen LogP contribution in [0.2, 0.25) is 0 Å². The fraction of sp³-hybridized carbons (Fsp3) is 0.385. The van der Waals surface area contributed by atoms with Crippen molar-refractivity contribution in [2.75, 3.05) is 30.8 Å². The van der Waals surface area contributed by atoms with Crippen molar-refractivity contribution in [3.8, 4) is 17.3 Å². The summed E-state index contributed by atoms with van der Waals surface area (Å²) in [6, 6.07) is 3.59. The number of nitrogens with two attached hydrogens (primary N) is 1. The van der Waals surface area contributed by atoms with E-state index in [1.54, 1.807) is 25.4 Å². The zero-order valence-corrected chi connectivity index (χ0v) is 11.9. The van der Waals surface area contributed by atoms with Crippen LogP contribution < -0.4 is 15.4 Å². The van der Waals surface area contributed by atoms with E-state index in [-0.39, 0.29) is 5.95 Å². The SMILES string of the molecule is CCN(CC)c1nc(N)nc(-c2ncccc2OC)n1. The molecule has 0 aliphatic heterocycles. The van der Waals surface area contributed by atoms with E-state index < -0.39 is 0 Å². The number of anilines is 2. The molecule has 0 saturated carbocycles. The van der Waals surface area contributed by atoms with E-state index in [0.29, 0.717) is 23.2 Å². The molecule has 20 heavy (non-hydrogen) atoms. The second-order valence-corrected chi connectivity index (χ2v) is 4.04. The summed E-state index contributed by atoms with van der Waals surface area (Å²) in [7, 11) is 1.58. The third-order valence-corrected chi connectivity index (χ3v) is 2.89. The quantitative estimate of drug-likeness (QED) is 0.880. The number of aromatic nitrogens is 4. The van der Waals surface area contributed by atoms with Crippen molar-refractivity contribution in [1.29, 1.82) is 0 Å². The van der Waals surface area contributed by atoms with Gasteiger partial charge in [-0.05, 0) is 26.0 Å². The molecule has 2 N–H and O–H groups in total. The molecule has 0 aliphatic rings. The highest BCUT2D eigenvalue weighted by Crippen LogP contribution is 2.25. The fourth-order valence-electron chi connectivity index (χ4n) is 1.86. The van der Waals surface area contributed by atoms with Gasteiger partial charge in [0.1, 0.15) is 11.4 Å². The maximum absolute atomic E-state index is 5.78. The van der Waals surface area contributed by atoms with Crippen LogP contribution >= 0.6 is 0 Å². The summed E-state index contributed by atoms with van der Waals surface area (Å²) < 4.78 is 5.28. The number of nitrogens with zero attached hydrogens (tertiary/aromatic N) is 5. The molecule has 7 heteroatoms. The van der Waals surface area contributed by atoms with Crippen LogP contribution in [0.15, 0.2) is 18.3 Å². The zero-order valence-electron chi connectivity index (χ0n) is 11.9. The number of methoxy groups -OCH3 is 1. The van der Waals surface area contributed by atoms with Gasteiger partial charge in [0.05, 0.1) is 7.11 Å². The summed E-state index contributed by atoms with van der Waals surface area (Å²) in [6.07, 6.45) is 1.66. The lowest BCUT2D eigenvalue weighted by Gasteiger charge is -2.19. The Labute approximate surface area is 117 Å². The van der Waals surface area contributed by atoms with E-state index >= 15 is 0 Å². The Balaban J connectivity index is 2.52. The average Bonchev–Trinajstić information content (AvgIpc) is 2.48. The molecule has 0 fully saturated rings. The molecule has 0 saturated heterocycles. The van der Waals surface area contributed by atoms with Crippen LogP contribution in [0.25, 0.3) is 11.5 Å². The second-order valence-electron chi connectivity index (χ2n) is 4.04. The normalized spacial score (nSPS) is 10.3. The molecule has 0 aliphatic carbocycles. The molecule has 2 aromatic rings. The van der Waals surface area contributed by atoms with Gasteiger partial charge in [0.15, 0.2) is 5.82 Å². The van der Waals surface area contributed by atoms with E-state index in [2.05, 4.69) is 19.9 Å². The number of hydrogen-bond donors (Lipinski definition) is 1. The Morgan fingerprint density at radius 3 is 2.60 bits per heavy atom. The molecular weight excluding hydrogens is 256 g/mol. The number of nitrogen functional groups attached to an aromatic ring is 1. The van der Waals surface area contributed by atoms with E-state index in [1.165, 1.54) is 0 Å². The molecule has 0 amide bonds. The number of pyridine rings is 1. The van der Waals surface area contributed by atoms with Crippen molar-refractivity contribution < 1.29 is 4.74 Å². The molecule has 0 atom stereocenters. The summed E-state index contributed by atoms with van der Waals surface area (Å²) in [5.74, 6) is 1.73. The molecule has 0 unspecified atom stereocenters. The van der Waals surface area contributed by atoms with Gasteiger partial charge in [-0.2, -0.15) is 15.0 Å². The highest BCUT2D eigenvalue weighted by molar-refractivity contribution is 5.60. The lowest BCUT2D eigenvalue weighted by atomic mass is 10.3. The van der Waals surface area contributed by atoms with Crippen molar-refractivity contribution in [3.05, 3.63) is 18.3 Å². The van der Waals surface area contributed by atoms with Gasteiger partial charge >= 0.3 is 0 Å². The molecule has 0 aromatic carbocycles.